The summed E-state index contributed by atoms with van der Waals surface area (Å²) in [6.07, 6.45) is 1.96. The monoisotopic (exact) mass is 591 g/mol. The lowest BCUT2D eigenvalue weighted by atomic mass is 10.0. The summed E-state index contributed by atoms with van der Waals surface area (Å²) in [4.78, 5) is 65.2. The minimum Gasteiger partial charge on any atom is -0.481 e. The maximum absolute atomic E-state index is 13.0. The van der Waals surface area contributed by atoms with Gasteiger partial charge in [0.2, 0.25) is 11.8 Å². The SMILES string of the molecule is Cn1c(=O)n(C2CCC(=O)NC2=O)c2ccc(CCCN3CCN(C(=O)OCc4ccccc4)[C@@H](CCC(=O)O)C3)cc21. The Morgan fingerprint density at radius 2 is 1.81 bits per heavy atom. The van der Waals surface area contributed by atoms with Gasteiger partial charge in [-0.05, 0) is 55.5 Å². The number of carboxylic acids is 1. The smallest absolute Gasteiger partial charge is 0.410 e. The molecule has 2 aromatic carbocycles. The second kappa shape index (κ2) is 13.2. The lowest BCUT2D eigenvalue weighted by molar-refractivity contribution is -0.138. The number of carboxylic acid groups (broad SMARTS) is 1. The number of ether oxygens (including phenoxy) is 1. The predicted octanol–water partition coefficient (Wildman–Crippen LogP) is 2.44. The summed E-state index contributed by atoms with van der Waals surface area (Å²) in [7, 11) is 1.68. The molecule has 3 heterocycles. The molecule has 0 radical (unpaired) electrons. The predicted molar refractivity (Wildman–Crippen MR) is 157 cm³/mol. The van der Waals surface area contributed by atoms with E-state index in [0.717, 1.165) is 36.0 Å². The molecule has 12 nitrogen and oxygen atoms in total. The molecule has 2 fully saturated rings. The van der Waals surface area contributed by atoms with Crippen molar-refractivity contribution >= 4 is 34.9 Å². The van der Waals surface area contributed by atoms with E-state index in [0.29, 0.717) is 31.6 Å². The molecule has 3 aromatic rings. The normalized spacial score (nSPS) is 19.4. The summed E-state index contributed by atoms with van der Waals surface area (Å²) in [5.74, 6) is -1.68. The molecule has 0 bridgehead atoms. The fraction of sp³-hybridized carbons (Fsp3) is 0.452. The Hall–Kier alpha value is -4.45. The molecule has 0 saturated carbocycles. The van der Waals surface area contributed by atoms with Crippen molar-refractivity contribution in [2.45, 2.75) is 57.2 Å². The summed E-state index contributed by atoms with van der Waals surface area (Å²) < 4.78 is 8.55. The highest BCUT2D eigenvalue weighted by atomic mass is 16.6. The lowest BCUT2D eigenvalue weighted by Gasteiger charge is -2.40. The minimum absolute atomic E-state index is 0.0296. The summed E-state index contributed by atoms with van der Waals surface area (Å²) >= 11 is 0. The summed E-state index contributed by atoms with van der Waals surface area (Å²) in [6, 6.07) is 14.2. The number of rotatable bonds is 10. The lowest BCUT2D eigenvalue weighted by Crippen LogP contribution is -2.55. The number of hydrogen-bond donors (Lipinski definition) is 2. The molecule has 2 aliphatic rings. The summed E-state index contributed by atoms with van der Waals surface area (Å²) in [6.45, 7) is 2.62. The quantitative estimate of drug-likeness (QED) is 0.342. The number of piperazine rings is 1. The first-order valence-corrected chi connectivity index (χ1v) is 14.7. The van der Waals surface area contributed by atoms with Crippen LogP contribution in [0.1, 0.15) is 49.3 Å². The Labute approximate surface area is 248 Å². The van der Waals surface area contributed by atoms with Gasteiger partial charge in [-0.3, -0.25) is 33.7 Å². The zero-order valence-electron chi connectivity index (χ0n) is 24.2. The van der Waals surface area contributed by atoms with Crippen LogP contribution in [0, 0.1) is 0 Å². The van der Waals surface area contributed by atoms with Crippen molar-refractivity contribution in [3.05, 3.63) is 70.1 Å². The van der Waals surface area contributed by atoms with Gasteiger partial charge in [-0.2, -0.15) is 0 Å². The van der Waals surface area contributed by atoms with E-state index < -0.39 is 24.0 Å². The second-order valence-electron chi connectivity index (χ2n) is 11.2. The van der Waals surface area contributed by atoms with Crippen LogP contribution in [-0.4, -0.2) is 80.1 Å². The number of benzene rings is 2. The van der Waals surface area contributed by atoms with E-state index in [1.165, 1.54) is 9.13 Å². The molecule has 2 atom stereocenters. The molecule has 1 unspecified atom stereocenters. The van der Waals surface area contributed by atoms with Crippen LogP contribution in [0.4, 0.5) is 4.79 Å². The van der Waals surface area contributed by atoms with Gasteiger partial charge >= 0.3 is 17.8 Å². The van der Waals surface area contributed by atoms with E-state index in [1.807, 2.05) is 48.5 Å². The number of imidazole rings is 1. The highest BCUT2D eigenvalue weighted by molar-refractivity contribution is 6.00. The van der Waals surface area contributed by atoms with E-state index in [1.54, 1.807) is 11.9 Å². The summed E-state index contributed by atoms with van der Waals surface area (Å²) in [5, 5.41) is 11.6. The van der Waals surface area contributed by atoms with E-state index >= 15 is 0 Å². The zero-order valence-corrected chi connectivity index (χ0v) is 24.2. The first-order chi connectivity index (χ1) is 20.7. The zero-order chi connectivity index (χ0) is 30.5. The molecule has 2 saturated heterocycles. The Bertz CT molecular complexity index is 1560. The van der Waals surface area contributed by atoms with Crippen LogP contribution in [-0.2, 0) is 39.2 Å². The van der Waals surface area contributed by atoms with Crippen molar-refractivity contribution in [1.29, 1.82) is 0 Å². The van der Waals surface area contributed by atoms with Crippen LogP contribution < -0.4 is 11.0 Å². The Kier molecular flexibility index (Phi) is 9.24. The standard InChI is InChI=1S/C31H37N5O7/c1-33-26-18-21(9-11-24(26)36(30(33)41)25-12-13-27(37)32-29(25)40)8-5-15-34-16-17-35(23(19-34)10-14-28(38)39)31(42)43-20-22-6-3-2-4-7-22/h2-4,6-7,9,11,18,23,25H,5,8,10,12-17,19-20H2,1H3,(H,38,39)(H,32,37,40)/t23-,25?/m0/s1. The minimum atomic E-state index is -0.897. The first-order valence-electron chi connectivity index (χ1n) is 14.7. The van der Waals surface area contributed by atoms with Gasteiger partial charge in [-0.25, -0.2) is 9.59 Å². The highest BCUT2D eigenvalue weighted by Crippen LogP contribution is 2.24. The van der Waals surface area contributed by atoms with E-state index in [2.05, 4.69) is 10.2 Å². The molecule has 12 heteroatoms. The topological polar surface area (TPSA) is 143 Å². The van der Waals surface area contributed by atoms with Crippen molar-refractivity contribution in [2.24, 2.45) is 7.05 Å². The van der Waals surface area contributed by atoms with Gasteiger partial charge < -0.3 is 14.7 Å². The van der Waals surface area contributed by atoms with Gasteiger partial charge in [0.25, 0.3) is 0 Å². The van der Waals surface area contributed by atoms with Gasteiger partial charge in [0.05, 0.1) is 11.0 Å². The third-order valence-electron chi connectivity index (χ3n) is 8.31. The van der Waals surface area contributed by atoms with Crippen molar-refractivity contribution in [3.63, 3.8) is 0 Å². The molecule has 0 aliphatic carbocycles. The Balaban J connectivity index is 1.19. The fourth-order valence-electron chi connectivity index (χ4n) is 6.00. The van der Waals surface area contributed by atoms with Crippen LogP contribution in [0.15, 0.2) is 53.3 Å². The molecule has 0 spiro atoms. The summed E-state index contributed by atoms with van der Waals surface area (Å²) in [5.41, 5.74) is 3.02. The maximum atomic E-state index is 13.0. The molecule has 1 aromatic heterocycles. The number of carbonyl (C=O) groups excluding carboxylic acids is 3. The van der Waals surface area contributed by atoms with Crippen molar-refractivity contribution in [1.82, 2.24) is 24.3 Å². The van der Waals surface area contributed by atoms with E-state index in [4.69, 9.17) is 4.74 Å². The highest BCUT2D eigenvalue weighted by Gasteiger charge is 2.32. The van der Waals surface area contributed by atoms with Gasteiger partial charge in [0.1, 0.15) is 12.6 Å². The van der Waals surface area contributed by atoms with Crippen LogP contribution in [0.25, 0.3) is 11.0 Å². The van der Waals surface area contributed by atoms with Crippen molar-refractivity contribution in [2.75, 3.05) is 26.2 Å². The third-order valence-corrected chi connectivity index (χ3v) is 8.31. The van der Waals surface area contributed by atoms with E-state index in [9.17, 15) is 29.1 Å². The second-order valence-corrected chi connectivity index (χ2v) is 11.2. The third kappa shape index (κ3) is 6.96. The van der Waals surface area contributed by atoms with Gasteiger partial charge in [0.15, 0.2) is 0 Å². The van der Waals surface area contributed by atoms with Crippen LogP contribution in [0.2, 0.25) is 0 Å². The van der Waals surface area contributed by atoms with Crippen LogP contribution >= 0.6 is 0 Å². The van der Waals surface area contributed by atoms with E-state index in [-0.39, 0.29) is 43.5 Å². The average Bonchev–Trinajstić information content (AvgIpc) is 3.24. The molecule has 2 aliphatic heterocycles. The number of piperidine rings is 1. The van der Waals surface area contributed by atoms with Crippen molar-refractivity contribution < 1.29 is 29.0 Å². The number of nitrogens with zero attached hydrogens (tertiary/aromatic N) is 4. The molecular weight excluding hydrogens is 554 g/mol. The Morgan fingerprint density at radius 1 is 1.02 bits per heavy atom. The number of aryl methyl sites for hydroxylation is 2. The van der Waals surface area contributed by atoms with Gasteiger partial charge in [-0.1, -0.05) is 36.4 Å². The van der Waals surface area contributed by atoms with Gasteiger partial charge in [0, 0.05) is 45.6 Å². The number of imide groups is 1. The number of carbonyl (C=O) groups is 4. The number of aliphatic carboxylic acids is 1. The van der Waals surface area contributed by atoms with Crippen LogP contribution in [0.5, 0.6) is 0 Å². The molecule has 2 N–H and O–H groups in total. The molecule has 43 heavy (non-hydrogen) atoms. The number of hydrogen-bond acceptors (Lipinski definition) is 7. The molecule has 3 amide bonds. The van der Waals surface area contributed by atoms with Crippen LogP contribution in [0.3, 0.4) is 0 Å². The maximum Gasteiger partial charge on any atom is 0.410 e. The number of nitrogens with one attached hydrogen (secondary N) is 1. The van der Waals surface area contributed by atoms with Gasteiger partial charge in [-0.15, -0.1) is 0 Å². The fourth-order valence-corrected chi connectivity index (χ4v) is 6.00. The molecule has 5 rings (SSSR count). The number of aromatic nitrogens is 2. The number of amides is 3. The Morgan fingerprint density at radius 3 is 2.56 bits per heavy atom. The molecule has 228 valence electrons. The largest absolute Gasteiger partial charge is 0.481 e. The van der Waals surface area contributed by atoms with Crippen molar-refractivity contribution in [3.8, 4) is 0 Å². The average molecular weight is 592 g/mol. The number of fused-ring (bicyclic) bond motifs is 1. The first kappa shape index (κ1) is 30.0. The molecular formula is C31H37N5O7.